The predicted molar refractivity (Wildman–Crippen MR) is 105 cm³/mol. The van der Waals surface area contributed by atoms with E-state index in [9.17, 15) is 4.79 Å². The smallest absolute Gasteiger partial charge is 0.306 e. The lowest BCUT2D eigenvalue weighted by atomic mass is 10.1. The van der Waals surface area contributed by atoms with Gasteiger partial charge in [-0.1, -0.05) is 75.5 Å². The van der Waals surface area contributed by atoms with Crippen LogP contribution in [0, 0.1) is 0 Å². The highest BCUT2D eigenvalue weighted by Gasteiger charge is 2.15. The number of hydrogen-bond donors (Lipinski definition) is 0. The summed E-state index contributed by atoms with van der Waals surface area (Å²) in [7, 11) is 0. The molecule has 0 heterocycles. The van der Waals surface area contributed by atoms with Gasteiger partial charge in [-0.05, 0) is 46.5 Å². The van der Waals surface area contributed by atoms with E-state index in [1.807, 2.05) is 20.8 Å². The normalized spacial score (nSPS) is 12.7. The number of carbonyl (C=O) groups excluding carboxylic acids is 1. The van der Waals surface area contributed by atoms with Crippen molar-refractivity contribution in [3.8, 4) is 0 Å². The van der Waals surface area contributed by atoms with Gasteiger partial charge in [0, 0.05) is 6.42 Å². The van der Waals surface area contributed by atoms with Crippen LogP contribution in [0.3, 0.4) is 0 Å². The Morgan fingerprint density at radius 2 is 1.33 bits per heavy atom. The molecule has 0 saturated carbocycles. The maximum atomic E-state index is 11.6. The van der Waals surface area contributed by atoms with Gasteiger partial charge >= 0.3 is 5.97 Å². The second-order valence-corrected chi connectivity index (χ2v) is 7.28. The minimum absolute atomic E-state index is 0.0686. The largest absolute Gasteiger partial charge is 0.460 e. The maximum absolute atomic E-state index is 11.6. The maximum Gasteiger partial charge on any atom is 0.306 e. The second kappa shape index (κ2) is 15.2. The molecule has 0 fully saturated rings. The topological polar surface area (TPSA) is 26.3 Å². The molecule has 0 aliphatic carbocycles. The Balaban J connectivity index is 3.42. The standard InChI is InChI=1S/C22H38O2/c1-5-6-7-8-9-10-11-12-13-14-15-16-17-18-19-20-21(23)24-22(2,3)4/h8-13H,5-7,14-20H2,1-4H3. The second-order valence-electron chi connectivity index (χ2n) is 7.28. The molecular weight excluding hydrogens is 296 g/mol. The molecule has 2 nitrogen and oxygen atoms in total. The molecule has 0 rings (SSSR count). The molecule has 2 heteroatoms. The number of esters is 1. The van der Waals surface area contributed by atoms with Gasteiger partial charge in [-0.25, -0.2) is 0 Å². The van der Waals surface area contributed by atoms with E-state index >= 15 is 0 Å². The van der Waals surface area contributed by atoms with Crippen molar-refractivity contribution < 1.29 is 9.53 Å². The Morgan fingerprint density at radius 3 is 1.92 bits per heavy atom. The number of ether oxygens (including phenoxy) is 1. The third-order valence-corrected chi connectivity index (χ3v) is 3.50. The minimum atomic E-state index is -0.358. The fourth-order valence-electron chi connectivity index (χ4n) is 2.25. The summed E-state index contributed by atoms with van der Waals surface area (Å²) in [5, 5.41) is 0. The molecule has 24 heavy (non-hydrogen) atoms. The van der Waals surface area contributed by atoms with Gasteiger partial charge in [0.2, 0.25) is 0 Å². The zero-order chi connectivity index (χ0) is 18.1. The quantitative estimate of drug-likeness (QED) is 0.208. The van der Waals surface area contributed by atoms with Gasteiger partial charge in [-0.3, -0.25) is 4.79 Å². The van der Waals surface area contributed by atoms with Crippen LogP contribution in [0.15, 0.2) is 36.5 Å². The van der Waals surface area contributed by atoms with E-state index in [4.69, 9.17) is 4.74 Å². The Kier molecular flexibility index (Phi) is 14.4. The minimum Gasteiger partial charge on any atom is -0.460 e. The van der Waals surface area contributed by atoms with Crippen LogP contribution in [0.25, 0.3) is 0 Å². The van der Waals surface area contributed by atoms with Gasteiger partial charge in [0.15, 0.2) is 0 Å². The summed E-state index contributed by atoms with van der Waals surface area (Å²) in [6, 6.07) is 0. The average molecular weight is 335 g/mol. The van der Waals surface area contributed by atoms with Crippen LogP contribution in [0.5, 0.6) is 0 Å². The van der Waals surface area contributed by atoms with Gasteiger partial charge in [0.25, 0.3) is 0 Å². The molecule has 0 N–H and O–H groups in total. The van der Waals surface area contributed by atoms with Crippen molar-refractivity contribution in [1.82, 2.24) is 0 Å². The summed E-state index contributed by atoms with van der Waals surface area (Å²) >= 11 is 0. The van der Waals surface area contributed by atoms with Gasteiger partial charge < -0.3 is 4.74 Å². The fraction of sp³-hybridized carbons (Fsp3) is 0.682. The summed E-state index contributed by atoms with van der Waals surface area (Å²) in [6.07, 6.45) is 24.0. The van der Waals surface area contributed by atoms with E-state index in [2.05, 4.69) is 43.4 Å². The van der Waals surface area contributed by atoms with Crippen molar-refractivity contribution in [2.45, 2.75) is 97.5 Å². The number of carbonyl (C=O) groups is 1. The number of hydrogen-bond acceptors (Lipinski definition) is 2. The molecule has 0 aliphatic heterocycles. The monoisotopic (exact) mass is 334 g/mol. The van der Waals surface area contributed by atoms with Crippen LogP contribution in [0.2, 0.25) is 0 Å². The zero-order valence-electron chi connectivity index (χ0n) is 16.4. The molecule has 0 aromatic heterocycles. The highest BCUT2D eigenvalue weighted by molar-refractivity contribution is 5.69. The molecule has 0 aromatic rings. The third kappa shape index (κ3) is 18.7. The van der Waals surface area contributed by atoms with E-state index in [0.29, 0.717) is 6.42 Å². The van der Waals surface area contributed by atoms with Crippen LogP contribution >= 0.6 is 0 Å². The van der Waals surface area contributed by atoms with Crippen LogP contribution in [0.1, 0.15) is 91.9 Å². The number of unbranched alkanes of at least 4 members (excludes halogenated alkanes) is 7. The SMILES string of the molecule is CCCCC=CC=CC=CCCCCCCCC(=O)OC(C)(C)C. The van der Waals surface area contributed by atoms with Gasteiger partial charge in [0.1, 0.15) is 5.60 Å². The van der Waals surface area contributed by atoms with Crippen molar-refractivity contribution >= 4 is 5.97 Å². The Labute approximate surface area is 150 Å². The summed E-state index contributed by atoms with van der Waals surface area (Å²) in [6.45, 7) is 7.95. The van der Waals surface area contributed by atoms with E-state index in [-0.39, 0.29) is 11.6 Å². The van der Waals surface area contributed by atoms with Crippen LogP contribution in [0.4, 0.5) is 0 Å². The third-order valence-electron chi connectivity index (χ3n) is 3.50. The van der Waals surface area contributed by atoms with Crippen LogP contribution in [-0.2, 0) is 9.53 Å². The molecule has 0 atom stereocenters. The van der Waals surface area contributed by atoms with Crippen LogP contribution in [-0.4, -0.2) is 11.6 Å². The molecule has 138 valence electrons. The average Bonchev–Trinajstić information content (AvgIpc) is 2.49. The van der Waals surface area contributed by atoms with E-state index < -0.39 is 0 Å². The number of allylic oxidation sites excluding steroid dienone is 6. The highest BCUT2D eigenvalue weighted by Crippen LogP contribution is 2.12. The first-order valence-corrected chi connectivity index (χ1v) is 9.66. The van der Waals surface area contributed by atoms with Gasteiger partial charge in [0.05, 0.1) is 0 Å². The van der Waals surface area contributed by atoms with Gasteiger partial charge in [-0.2, -0.15) is 0 Å². The number of rotatable bonds is 13. The Morgan fingerprint density at radius 1 is 0.792 bits per heavy atom. The van der Waals surface area contributed by atoms with Crippen molar-refractivity contribution in [1.29, 1.82) is 0 Å². The lowest BCUT2D eigenvalue weighted by Crippen LogP contribution is -2.23. The first-order chi connectivity index (χ1) is 11.5. The molecular formula is C22H38O2. The van der Waals surface area contributed by atoms with Crippen molar-refractivity contribution in [2.24, 2.45) is 0 Å². The first kappa shape index (κ1) is 22.7. The van der Waals surface area contributed by atoms with Crippen molar-refractivity contribution in [2.75, 3.05) is 0 Å². The van der Waals surface area contributed by atoms with Crippen molar-refractivity contribution in [3.63, 3.8) is 0 Å². The summed E-state index contributed by atoms with van der Waals surface area (Å²) in [5.41, 5.74) is -0.358. The molecule has 0 radical (unpaired) electrons. The molecule has 0 aliphatic rings. The Hall–Kier alpha value is -1.31. The molecule has 0 saturated heterocycles. The molecule has 0 aromatic carbocycles. The summed E-state index contributed by atoms with van der Waals surface area (Å²) < 4.78 is 5.30. The summed E-state index contributed by atoms with van der Waals surface area (Å²) in [5.74, 6) is -0.0686. The summed E-state index contributed by atoms with van der Waals surface area (Å²) in [4.78, 5) is 11.6. The van der Waals surface area contributed by atoms with E-state index in [0.717, 1.165) is 19.3 Å². The molecule has 0 amide bonds. The predicted octanol–water partition coefficient (Wildman–Crippen LogP) is 6.92. The van der Waals surface area contributed by atoms with Crippen molar-refractivity contribution in [3.05, 3.63) is 36.5 Å². The Bertz CT molecular complexity index is 383. The van der Waals surface area contributed by atoms with Gasteiger partial charge in [-0.15, -0.1) is 0 Å². The van der Waals surface area contributed by atoms with Crippen LogP contribution < -0.4 is 0 Å². The fourth-order valence-corrected chi connectivity index (χ4v) is 2.25. The lowest BCUT2D eigenvalue weighted by molar-refractivity contribution is -0.154. The first-order valence-electron chi connectivity index (χ1n) is 9.66. The lowest BCUT2D eigenvalue weighted by Gasteiger charge is -2.19. The van der Waals surface area contributed by atoms with E-state index in [1.54, 1.807) is 0 Å². The zero-order valence-corrected chi connectivity index (χ0v) is 16.4. The highest BCUT2D eigenvalue weighted by atomic mass is 16.6. The molecule has 0 spiro atoms. The molecule has 0 bridgehead atoms. The molecule has 0 unspecified atom stereocenters. The van der Waals surface area contributed by atoms with E-state index in [1.165, 1.54) is 38.5 Å².